The minimum Gasteiger partial charge on any atom is -0.347 e. The minimum atomic E-state index is -3.25. The van der Waals surface area contributed by atoms with Gasteiger partial charge in [-0.3, -0.25) is 4.79 Å². The van der Waals surface area contributed by atoms with Crippen LogP contribution < -0.4 is 5.32 Å². The molecule has 1 aromatic heterocycles. The van der Waals surface area contributed by atoms with Gasteiger partial charge in [0.1, 0.15) is 5.82 Å². The molecule has 0 spiro atoms. The Bertz CT molecular complexity index is 825. The van der Waals surface area contributed by atoms with Crippen molar-refractivity contribution in [1.29, 1.82) is 0 Å². The molecule has 0 saturated carbocycles. The van der Waals surface area contributed by atoms with Crippen LogP contribution in [-0.4, -0.2) is 35.7 Å². The largest absolute Gasteiger partial charge is 0.347 e. The van der Waals surface area contributed by atoms with Gasteiger partial charge in [0, 0.05) is 37.0 Å². The summed E-state index contributed by atoms with van der Waals surface area (Å²) in [4.78, 5) is 16.9. The lowest BCUT2D eigenvalue weighted by molar-refractivity contribution is 0.0927. The summed E-state index contributed by atoms with van der Waals surface area (Å²) in [6.07, 6.45) is 5.95. The fourth-order valence-electron chi connectivity index (χ4n) is 2.95. The molecular formula is C17H21N3O3S. The minimum absolute atomic E-state index is 0.0581. The van der Waals surface area contributed by atoms with Gasteiger partial charge in [0.25, 0.3) is 5.91 Å². The van der Waals surface area contributed by atoms with Gasteiger partial charge in [0.15, 0.2) is 9.84 Å². The Morgan fingerprint density at radius 3 is 2.79 bits per heavy atom. The van der Waals surface area contributed by atoms with Gasteiger partial charge in [-0.05, 0) is 37.1 Å². The van der Waals surface area contributed by atoms with Crippen molar-refractivity contribution >= 4 is 15.7 Å². The Labute approximate surface area is 141 Å². The summed E-state index contributed by atoms with van der Waals surface area (Å²) >= 11 is 0. The highest BCUT2D eigenvalue weighted by Gasteiger charge is 2.21. The number of hydrogen-bond acceptors (Lipinski definition) is 4. The van der Waals surface area contributed by atoms with Gasteiger partial charge in [-0.1, -0.05) is 6.92 Å². The number of aromatic nitrogens is 2. The molecule has 6 nitrogen and oxygen atoms in total. The average Bonchev–Trinajstić information content (AvgIpc) is 3.02. The number of carbonyl (C=O) groups excluding carboxylic acids is 1. The Kier molecular flexibility index (Phi) is 4.71. The number of sulfone groups is 1. The van der Waals surface area contributed by atoms with E-state index in [2.05, 4.69) is 14.9 Å². The zero-order chi connectivity index (χ0) is 17.2. The molecule has 1 amide bonds. The van der Waals surface area contributed by atoms with Crippen molar-refractivity contribution in [3.63, 3.8) is 0 Å². The Morgan fingerprint density at radius 2 is 2.08 bits per heavy atom. The lowest BCUT2D eigenvalue weighted by atomic mass is 10.1. The summed E-state index contributed by atoms with van der Waals surface area (Å²) in [5.41, 5.74) is 0.474. The number of fused-ring (bicyclic) bond motifs is 1. The molecule has 0 saturated heterocycles. The van der Waals surface area contributed by atoms with Crippen molar-refractivity contribution in [2.75, 3.05) is 5.75 Å². The van der Waals surface area contributed by atoms with E-state index in [1.807, 2.05) is 13.1 Å². The van der Waals surface area contributed by atoms with Crippen LogP contribution in [0.5, 0.6) is 0 Å². The maximum absolute atomic E-state index is 12.4. The van der Waals surface area contributed by atoms with Crippen LogP contribution in [-0.2, 0) is 22.8 Å². The SMILES string of the molecule is CCCS(=O)(=O)c1ccc(C(=O)N[C@H]2CCc3nccn3C2)cc1. The summed E-state index contributed by atoms with van der Waals surface area (Å²) in [6.45, 7) is 2.54. The van der Waals surface area contributed by atoms with Gasteiger partial charge in [-0.2, -0.15) is 0 Å². The first-order valence-corrected chi connectivity index (χ1v) is 9.78. The van der Waals surface area contributed by atoms with Crippen molar-refractivity contribution in [1.82, 2.24) is 14.9 Å². The number of nitrogens with zero attached hydrogens (tertiary/aromatic N) is 2. The summed E-state index contributed by atoms with van der Waals surface area (Å²) in [6, 6.07) is 6.22. The molecule has 24 heavy (non-hydrogen) atoms. The van der Waals surface area contributed by atoms with Crippen molar-refractivity contribution in [2.24, 2.45) is 0 Å². The van der Waals surface area contributed by atoms with Gasteiger partial charge < -0.3 is 9.88 Å². The van der Waals surface area contributed by atoms with Gasteiger partial charge >= 0.3 is 0 Å². The van der Waals surface area contributed by atoms with E-state index in [4.69, 9.17) is 0 Å². The molecule has 128 valence electrons. The highest BCUT2D eigenvalue weighted by molar-refractivity contribution is 7.91. The highest BCUT2D eigenvalue weighted by Crippen LogP contribution is 2.16. The first-order valence-electron chi connectivity index (χ1n) is 8.13. The Hall–Kier alpha value is -2.15. The van der Waals surface area contributed by atoms with Crippen LogP contribution in [0.3, 0.4) is 0 Å². The van der Waals surface area contributed by atoms with E-state index in [0.29, 0.717) is 18.5 Å². The van der Waals surface area contributed by atoms with Crippen LogP contribution >= 0.6 is 0 Å². The molecule has 0 unspecified atom stereocenters. The molecule has 1 aliphatic rings. The van der Waals surface area contributed by atoms with E-state index in [-0.39, 0.29) is 22.6 Å². The van der Waals surface area contributed by atoms with Gasteiger partial charge in [0.05, 0.1) is 10.6 Å². The van der Waals surface area contributed by atoms with Crippen molar-refractivity contribution in [3.05, 3.63) is 48.0 Å². The second-order valence-electron chi connectivity index (χ2n) is 6.05. The molecule has 1 atom stereocenters. The first-order chi connectivity index (χ1) is 11.5. The van der Waals surface area contributed by atoms with Crippen LogP contribution in [0.4, 0.5) is 0 Å². The van der Waals surface area contributed by atoms with Crippen molar-refractivity contribution in [3.8, 4) is 0 Å². The molecule has 1 aromatic carbocycles. The third kappa shape index (κ3) is 3.51. The zero-order valence-corrected chi connectivity index (χ0v) is 14.4. The number of carbonyl (C=O) groups is 1. The van der Waals surface area contributed by atoms with Gasteiger partial charge in [0.2, 0.25) is 0 Å². The summed E-state index contributed by atoms with van der Waals surface area (Å²) in [5, 5.41) is 3.01. The number of aryl methyl sites for hydroxylation is 1. The third-order valence-corrected chi connectivity index (χ3v) is 6.15. The Balaban J connectivity index is 1.66. The molecule has 1 aliphatic heterocycles. The van der Waals surface area contributed by atoms with Crippen LogP contribution in [0.15, 0.2) is 41.6 Å². The highest BCUT2D eigenvalue weighted by atomic mass is 32.2. The average molecular weight is 347 g/mol. The third-order valence-electron chi connectivity index (χ3n) is 4.22. The van der Waals surface area contributed by atoms with E-state index in [1.54, 1.807) is 18.3 Å². The molecule has 0 aliphatic carbocycles. The predicted octanol–water partition coefficient (Wildman–Crippen LogP) is 1.81. The molecule has 2 heterocycles. The Morgan fingerprint density at radius 1 is 1.33 bits per heavy atom. The van der Waals surface area contributed by atoms with Crippen LogP contribution in [0.1, 0.15) is 35.9 Å². The standard InChI is InChI=1S/C17H21N3O3S/c1-2-11-24(22,23)15-6-3-13(4-7-15)17(21)19-14-5-8-16-18-9-10-20(16)12-14/h3-4,6-7,9-10,14H,2,5,8,11-12H2,1H3,(H,19,21)/t14-/m0/s1. The maximum Gasteiger partial charge on any atom is 0.251 e. The predicted molar refractivity (Wildman–Crippen MR) is 90.6 cm³/mol. The van der Waals surface area contributed by atoms with Crippen LogP contribution in [0, 0.1) is 0 Å². The number of imidazole rings is 1. The number of amides is 1. The normalized spacial score (nSPS) is 17.3. The van der Waals surface area contributed by atoms with Crippen LogP contribution in [0.25, 0.3) is 0 Å². The molecule has 7 heteroatoms. The number of hydrogen-bond donors (Lipinski definition) is 1. The fourth-order valence-corrected chi connectivity index (χ4v) is 4.28. The molecule has 0 bridgehead atoms. The summed E-state index contributed by atoms with van der Waals surface area (Å²) in [7, 11) is -3.25. The maximum atomic E-state index is 12.4. The number of rotatable bonds is 5. The lowest BCUT2D eigenvalue weighted by Gasteiger charge is -2.24. The van der Waals surface area contributed by atoms with E-state index >= 15 is 0 Å². The second-order valence-corrected chi connectivity index (χ2v) is 8.16. The molecule has 0 radical (unpaired) electrons. The summed E-state index contributed by atoms with van der Waals surface area (Å²) < 4.78 is 26.1. The number of benzene rings is 1. The smallest absolute Gasteiger partial charge is 0.251 e. The molecule has 2 aromatic rings. The topological polar surface area (TPSA) is 81.1 Å². The van der Waals surface area contributed by atoms with Gasteiger partial charge in [-0.25, -0.2) is 13.4 Å². The van der Waals surface area contributed by atoms with Crippen molar-refractivity contribution in [2.45, 2.75) is 43.7 Å². The quantitative estimate of drug-likeness (QED) is 0.894. The number of nitrogens with one attached hydrogen (secondary N) is 1. The van der Waals surface area contributed by atoms with Gasteiger partial charge in [-0.15, -0.1) is 0 Å². The molecule has 3 rings (SSSR count). The van der Waals surface area contributed by atoms with E-state index in [9.17, 15) is 13.2 Å². The molecule has 0 fully saturated rings. The lowest BCUT2D eigenvalue weighted by Crippen LogP contribution is -2.40. The summed E-state index contributed by atoms with van der Waals surface area (Å²) in [5.74, 6) is 0.988. The van der Waals surface area contributed by atoms with Crippen LogP contribution in [0.2, 0.25) is 0 Å². The molecular weight excluding hydrogens is 326 g/mol. The first kappa shape index (κ1) is 16.7. The van der Waals surface area contributed by atoms with E-state index < -0.39 is 9.84 Å². The monoisotopic (exact) mass is 347 g/mol. The zero-order valence-electron chi connectivity index (χ0n) is 13.6. The van der Waals surface area contributed by atoms with E-state index in [0.717, 1.165) is 18.7 Å². The molecule has 1 N–H and O–H groups in total. The van der Waals surface area contributed by atoms with E-state index in [1.165, 1.54) is 12.1 Å². The second kappa shape index (κ2) is 6.76. The fraction of sp³-hybridized carbons (Fsp3) is 0.412. The van der Waals surface area contributed by atoms with Crippen molar-refractivity contribution < 1.29 is 13.2 Å².